The van der Waals surface area contributed by atoms with Gasteiger partial charge in [-0.25, -0.2) is 12.8 Å². The third-order valence-corrected chi connectivity index (χ3v) is 5.25. The predicted molar refractivity (Wildman–Crippen MR) is 80.9 cm³/mol. The van der Waals surface area contributed by atoms with Crippen LogP contribution >= 0.6 is 0 Å². The van der Waals surface area contributed by atoms with Gasteiger partial charge in [-0.3, -0.25) is 0 Å². The summed E-state index contributed by atoms with van der Waals surface area (Å²) in [5.74, 6) is -0.549. The quantitative estimate of drug-likeness (QED) is 0.786. The van der Waals surface area contributed by atoms with Crippen molar-refractivity contribution >= 4 is 10.0 Å². The van der Waals surface area contributed by atoms with Crippen LogP contribution in [0.3, 0.4) is 0 Å². The molecule has 1 aromatic carbocycles. The first-order valence-electron chi connectivity index (χ1n) is 6.93. The lowest BCUT2D eigenvalue weighted by Crippen LogP contribution is -2.30. The first-order chi connectivity index (χ1) is 9.80. The third kappa shape index (κ3) is 4.12. The number of hydrogen-bond acceptors (Lipinski definition) is 3. The van der Waals surface area contributed by atoms with Crippen molar-refractivity contribution in [3.63, 3.8) is 0 Å². The molecule has 0 aliphatic heterocycles. The molecule has 21 heavy (non-hydrogen) atoms. The number of halogens is 1. The van der Waals surface area contributed by atoms with Gasteiger partial charge < -0.3 is 5.32 Å². The van der Waals surface area contributed by atoms with Crippen LogP contribution in [0.5, 0.6) is 0 Å². The van der Waals surface area contributed by atoms with E-state index in [1.165, 1.54) is 23.5 Å². The number of nitrogens with zero attached hydrogens (tertiary/aromatic N) is 1. The SMILES string of the molecule is C=C(C)CN(C)S(=O)(=O)c1cc(F)ccc1CNC1CC1. The molecule has 0 bridgehead atoms. The molecule has 1 fully saturated rings. The lowest BCUT2D eigenvalue weighted by molar-refractivity contribution is 0.490. The average Bonchev–Trinajstić information content (AvgIpc) is 3.20. The van der Waals surface area contributed by atoms with Crippen molar-refractivity contribution in [2.45, 2.75) is 37.2 Å². The van der Waals surface area contributed by atoms with Crippen LogP contribution in [-0.4, -0.2) is 32.4 Å². The molecule has 2 rings (SSSR count). The van der Waals surface area contributed by atoms with Crippen LogP contribution in [0.25, 0.3) is 0 Å². The topological polar surface area (TPSA) is 49.4 Å². The van der Waals surface area contributed by atoms with Gasteiger partial charge in [-0.2, -0.15) is 4.31 Å². The number of nitrogens with one attached hydrogen (secondary N) is 1. The van der Waals surface area contributed by atoms with Crippen LogP contribution in [0, 0.1) is 5.82 Å². The van der Waals surface area contributed by atoms with Crippen molar-refractivity contribution in [2.24, 2.45) is 0 Å². The van der Waals surface area contributed by atoms with Crippen LogP contribution < -0.4 is 5.32 Å². The molecule has 1 aliphatic carbocycles. The first kappa shape index (κ1) is 16.1. The normalized spacial score (nSPS) is 15.4. The second-order valence-electron chi connectivity index (χ2n) is 5.63. The Bertz CT molecular complexity index is 639. The molecule has 4 nitrogen and oxygen atoms in total. The highest BCUT2D eigenvalue weighted by atomic mass is 32.2. The summed E-state index contributed by atoms with van der Waals surface area (Å²) in [5, 5.41) is 3.26. The Morgan fingerprint density at radius 1 is 1.48 bits per heavy atom. The van der Waals surface area contributed by atoms with E-state index in [1.54, 1.807) is 6.92 Å². The number of rotatable bonds is 7. The summed E-state index contributed by atoms with van der Waals surface area (Å²) >= 11 is 0. The molecule has 1 N–H and O–H groups in total. The van der Waals surface area contributed by atoms with Gasteiger partial charge in [0.2, 0.25) is 10.0 Å². The molecule has 1 saturated carbocycles. The van der Waals surface area contributed by atoms with E-state index in [4.69, 9.17) is 0 Å². The van der Waals surface area contributed by atoms with Gasteiger partial charge in [-0.15, -0.1) is 0 Å². The summed E-state index contributed by atoms with van der Waals surface area (Å²) in [7, 11) is -2.24. The van der Waals surface area contributed by atoms with Crippen molar-refractivity contribution in [2.75, 3.05) is 13.6 Å². The van der Waals surface area contributed by atoms with E-state index < -0.39 is 15.8 Å². The van der Waals surface area contributed by atoms with Gasteiger partial charge in [0.1, 0.15) is 5.82 Å². The van der Waals surface area contributed by atoms with Crippen molar-refractivity contribution < 1.29 is 12.8 Å². The van der Waals surface area contributed by atoms with Gasteiger partial charge in [0.05, 0.1) is 4.90 Å². The highest BCUT2D eigenvalue weighted by Gasteiger charge is 2.26. The van der Waals surface area contributed by atoms with E-state index >= 15 is 0 Å². The van der Waals surface area contributed by atoms with Crippen LogP contribution in [0.1, 0.15) is 25.3 Å². The smallest absolute Gasteiger partial charge is 0.243 e. The van der Waals surface area contributed by atoms with E-state index in [0.29, 0.717) is 18.2 Å². The number of benzene rings is 1. The Hall–Kier alpha value is -1.24. The summed E-state index contributed by atoms with van der Waals surface area (Å²) in [6.07, 6.45) is 2.22. The molecule has 0 unspecified atom stereocenters. The first-order valence-corrected chi connectivity index (χ1v) is 8.37. The monoisotopic (exact) mass is 312 g/mol. The van der Waals surface area contributed by atoms with E-state index in [9.17, 15) is 12.8 Å². The molecule has 0 saturated heterocycles. The van der Waals surface area contributed by atoms with Gasteiger partial charge >= 0.3 is 0 Å². The fourth-order valence-electron chi connectivity index (χ4n) is 2.09. The van der Waals surface area contributed by atoms with E-state index in [0.717, 1.165) is 24.5 Å². The summed E-state index contributed by atoms with van der Waals surface area (Å²) in [6, 6.07) is 4.38. The molecule has 0 atom stereocenters. The maximum atomic E-state index is 13.5. The minimum atomic E-state index is -3.72. The zero-order valence-electron chi connectivity index (χ0n) is 12.4. The lowest BCUT2D eigenvalue weighted by Gasteiger charge is -2.19. The predicted octanol–water partition coefficient (Wildman–Crippen LogP) is 2.27. The molecule has 0 amide bonds. The van der Waals surface area contributed by atoms with Crippen molar-refractivity contribution in [3.8, 4) is 0 Å². The molecule has 0 radical (unpaired) electrons. The third-order valence-electron chi connectivity index (χ3n) is 3.37. The molecule has 6 heteroatoms. The fraction of sp³-hybridized carbons (Fsp3) is 0.467. The summed E-state index contributed by atoms with van der Waals surface area (Å²) in [4.78, 5) is 0.0272. The maximum Gasteiger partial charge on any atom is 0.243 e. The second-order valence-corrected chi connectivity index (χ2v) is 7.64. The molecule has 0 aromatic heterocycles. The van der Waals surface area contributed by atoms with Gasteiger partial charge in [-0.1, -0.05) is 18.2 Å². The maximum absolute atomic E-state index is 13.5. The lowest BCUT2D eigenvalue weighted by atomic mass is 10.2. The Morgan fingerprint density at radius 3 is 2.71 bits per heavy atom. The zero-order valence-corrected chi connectivity index (χ0v) is 13.2. The van der Waals surface area contributed by atoms with E-state index in [2.05, 4.69) is 11.9 Å². The average molecular weight is 312 g/mol. The fourth-order valence-corrected chi connectivity index (χ4v) is 3.55. The standard InChI is InChI=1S/C15H21FN2O2S/c1-11(2)10-18(3)21(19,20)15-8-13(16)5-4-12(15)9-17-14-6-7-14/h4-5,8,14,17H,1,6-7,9-10H2,2-3H3. The summed E-state index contributed by atoms with van der Waals surface area (Å²) in [6.45, 7) is 6.12. The number of sulfonamides is 1. The van der Waals surface area contributed by atoms with Gasteiger partial charge in [0.25, 0.3) is 0 Å². The highest BCUT2D eigenvalue weighted by Crippen LogP contribution is 2.24. The molecule has 1 aromatic rings. The Morgan fingerprint density at radius 2 is 2.14 bits per heavy atom. The van der Waals surface area contributed by atoms with Crippen molar-refractivity contribution in [1.29, 1.82) is 0 Å². The molecular weight excluding hydrogens is 291 g/mol. The van der Waals surface area contributed by atoms with Gasteiger partial charge in [-0.05, 0) is 37.5 Å². The Labute approximate surface area is 125 Å². The van der Waals surface area contributed by atoms with Crippen molar-refractivity contribution in [3.05, 3.63) is 41.7 Å². The second kappa shape index (κ2) is 6.25. The summed E-state index contributed by atoms with van der Waals surface area (Å²) in [5.41, 5.74) is 1.33. The Balaban J connectivity index is 2.30. The number of hydrogen-bond donors (Lipinski definition) is 1. The van der Waals surface area contributed by atoms with Crippen LogP contribution in [0.2, 0.25) is 0 Å². The molecule has 0 heterocycles. The largest absolute Gasteiger partial charge is 0.310 e. The van der Waals surface area contributed by atoms with Crippen molar-refractivity contribution in [1.82, 2.24) is 9.62 Å². The summed E-state index contributed by atoms with van der Waals surface area (Å²) < 4.78 is 39.9. The number of likely N-dealkylation sites (N-methyl/N-ethyl adjacent to an activating group) is 1. The molecule has 116 valence electrons. The molecular formula is C15H21FN2O2S. The molecule has 1 aliphatic rings. The zero-order chi connectivity index (χ0) is 15.6. The van der Waals surface area contributed by atoms with Crippen LogP contribution in [0.15, 0.2) is 35.2 Å². The van der Waals surface area contributed by atoms with Crippen LogP contribution in [-0.2, 0) is 16.6 Å². The highest BCUT2D eigenvalue weighted by molar-refractivity contribution is 7.89. The molecule has 0 spiro atoms. The van der Waals surface area contributed by atoms with Crippen LogP contribution in [0.4, 0.5) is 4.39 Å². The van der Waals surface area contributed by atoms with Gasteiger partial charge in [0, 0.05) is 26.2 Å². The Kier molecular flexibility index (Phi) is 4.81. The minimum absolute atomic E-state index is 0.0272. The van der Waals surface area contributed by atoms with Gasteiger partial charge in [0.15, 0.2) is 0 Å². The van der Waals surface area contributed by atoms with E-state index in [1.807, 2.05) is 0 Å². The van der Waals surface area contributed by atoms with E-state index in [-0.39, 0.29) is 11.4 Å². The minimum Gasteiger partial charge on any atom is -0.310 e.